The Bertz CT molecular complexity index is 1210. The number of hydrogen-bond donors (Lipinski definition) is 1. The van der Waals surface area contributed by atoms with E-state index in [0.29, 0.717) is 41.9 Å². The molecule has 0 amide bonds. The van der Waals surface area contributed by atoms with Crippen molar-refractivity contribution < 1.29 is 8.42 Å². The molecule has 1 aliphatic heterocycles. The third kappa shape index (κ3) is 4.54. The highest BCUT2D eigenvalue weighted by molar-refractivity contribution is 7.89. The van der Waals surface area contributed by atoms with Gasteiger partial charge in [-0.05, 0) is 62.8 Å². The number of hydrogen-bond acceptors (Lipinski definition) is 6. The molecule has 3 heterocycles. The van der Waals surface area contributed by atoms with E-state index in [2.05, 4.69) is 24.1 Å². The molecule has 180 valence electrons. The van der Waals surface area contributed by atoms with Crippen LogP contribution in [-0.2, 0) is 10.0 Å². The summed E-state index contributed by atoms with van der Waals surface area (Å²) < 4.78 is 28.7. The zero-order chi connectivity index (χ0) is 23.4. The predicted molar refractivity (Wildman–Crippen MR) is 130 cm³/mol. The van der Waals surface area contributed by atoms with Crippen LogP contribution in [0.2, 0.25) is 0 Å². The lowest BCUT2D eigenvalue weighted by Gasteiger charge is -2.32. The minimum atomic E-state index is -3.14. The molecule has 9 heteroatoms. The maximum absolute atomic E-state index is 13.2. The monoisotopic (exact) mass is 473 g/mol. The molecule has 5 rings (SSSR count). The van der Waals surface area contributed by atoms with Crippen LogP contribution in [0.25, 0.3) is 11.0 Å². The van der Waals surface area contributed by atoms with E-state index in [1.54, 1.807) is 10.5 Å². The molecule has 2 aromatic heterocycles. The summed E-state index contributed by atoms with van der Waals surface area (Å²) in [5.74, 6) is 1.17. The van der Waals surface area contributed by atoms with Crippen molar-refractivity contribution in [3.63, 3.8) is 0 Å². The molecule has 0 unspecified atom stereocenters. The second-order valence-corrected chi connectivity index (χ2v) is 12.9. The molecule has 3 aliphatic rings. The summed E-state index contributed by atoms with van der Waals surface area (Å²) in [6, 6.07) is 2.11. The molecule has 33 heavy (non-hydrogen) atoms. The Balaban J connectivity index is 1.36. The average molecular weight is 474 g/mol. The van der Waals surface area contributed by atoms with Gasteiger partial charge in [0.1, 0.15) is 5.65 Å². The molecular weight excluding hydrogens is 438 g/mol. The number of aromatic nitrogens is 3. The number of pyridine rings is 1. The summed E-state index contributed by atoms with van der Waals surface area (Å²) in [6.45, 7) is 7.38. The zero-order valence-corrected chi connectivity index (χ0v) is 20.7. The number of nitrogens with one attached hydrogen (secondary N) is 1. The highest BCUT2D eigenvalue weighted by Gasteiger charge is 2.38. The Hall–Kier alpha value is -2.00. The second kappa shape index (κ2) is 8.34. The fourth-order valence-corrected chi connectivity index (χ4v) is 7.46. The van der Waals surface area contributed by atoms with Gasteiger partial charge in [0.25, 0.3) is 5.56 Å². The quantitative estimate of drug-likeness (QED) is 0.690. The van der Waals surface area contributed by atoms with Gasteiger partial charge in [0.05, 0.1) is 5.75 Å². The lowest BCUT2D eigenvalue weighted by Crippen LogP contribution is -2.43. The molecule has 1 N–H and O–H groups in total. The van der Waals surface area contributed by atoms with Crippen LogP contribution in [0, 0.1) is 18.3 Å². The van der Waals surface area contributed by atoms with E-state index in [4.69, 9.17) is 4.98 Å². The number of sulfonamides is 1. The molecule has 0 bridgehead atoms. The first-order valence-electron chi connectivity index (χ1n) is 12.3. The fraction of sp³-hybridized carbons (Fsp3) is 0.708. The number of rotatable bonds is 6. The molecule has 1 atom stereocenters. The normalized spacial score (nSPS) is 24.4. The van der Waals surface area contributed by atoms with E-state index in [9.17, 15) is 13.2 Å². The van der Waals surface area contributed by atoms with Crippen LogP contribution in [0.4, 0.5) is 5.95 Å². The first-order valence-corrected chi connectivity index (χ1v) is 13.9. The second-order valence-electron chi connectivity index (χ2n) is 10.9. The summed E-state index contributed by atoms with van der Waals surface area (Å²) in [5.41, 5.74) is 1.48. The molecule has 0 radical (unpaired) electrons. The van der Waals surface area contributed by atoms with E-state index in [-0.39, 0.29) is 23.1 Å². The maximum Gasteiger partial charge on any atom is 0.255 e. The third-order valence-electron chi connectivity index (χ3n) is 7.79. The van der Waals surface area contributed by atoms with Crippen molar-refractivity contribution in [1.82, 2.24) is 18.8 Å². The van der Waals surface area contributed by atoms with Gasteiger partial charge in [-0.25, -0.2) is 17.7 Å². The van der Waals surface area contributed by atoms with Crippen molar-refractivity contribution >= 4 is 27.0 Å². The van der Waals surface area contributed by atoms with Gasteiger partial charge in [0, 0.05) is 42.3 Å². The zero-order valence-electron chi connectivity index (χ0n) is 19.9. The molecule has 2 aromatic rings. The lowest BCUT2D eigenvalue weighted by molar-refractivity contribution is 0.260. The van der Waals surface area contributed by atoms with E-state index < -0.39 is 10.0 Å². The third-order valence-corrected chi connectivity index (χ3v) is 9.83. The van der Waals surface area contributed by atoms with Gasteiger partial charge in [-0.2, -0.15) is 4.98 Å². The van der Waals surface area contributed by atoms with Crippen molar-refractivity contribution in [2.75, 3.05) is 24.2 Å². The van der Waals surface area contributed by atoms with Crippen LogP contribution in [0.3, 0.4) is 0 Å². The number of anilines is 1. The van der Waals surface area contributed by atoms with Crippen LogP contribution in [0.1, 0.15) is 70.4 Å². The van der Waals surface area contributed by atoms with Crippen molar-refractivity contribution in [2.45, 2.75) is 77.8 Å². The number of piperidine rings is 1. The Morgan fingerprint density at radius 1 is 1.15 bits per heavy atom. The fourth-order valence-electron chi connectivity index (χ4n) is 5.55. The Kier molecular flexibility index (Phi) is 5.76. The van der Waals surface area contributed by atoms with Crippen molar-refractivity contribution in [2.24, 2.45) is 11.3 Å². The smallest absolute Gasteiger partial charge is 0.255 e. The summed E-state index contributed by atoms with van der Waals surface area (Å²) in [4.78, 5) is 22.5. The lowest BCUT2D eigenvalue weighted by atomic mass is 9.87. The van der Waals surface area contributed by atoms with Crippen LogP contribution < -0.4 is 10.9 Å². The SMILES string of the molecule is Cc1cc2cnc(NC3CCN(S(=O)(=O)CC4CC4)CC3)nc2n([C@@H]2CCCC2(C)C)c1=O. The van der Waals surface area contributed by atoms with Gasteiger partial charge < -0.3 is 5.32 Å². The molecule has 2 saturated carbocycles. The van der Waals surface area contributed by atoms with Gasteiger partial charge in [-0.15, -0.1) is 0 Å². The van der Waals surface area contributed by atoms with Gasteiger partial charge >= 0.3 is 0 Å². The van der Waals surface area contributed by atoms with Crippen molar-refractivity contribution in [1.29, 1.82) is 0 Å². The van der Waals surface area contributed by atoms with Crippen LogP contribution in [0.15, 0.2) is 17.1 Å². The number of fused-ring (bicyclic) bond motifs is 1. The summed E-state index contributed by atoms with van der Waals surface area (Å²) in [6.07, 6.45) is 8.51. The van der Waals surface area contributed by atoms with E-state index in [0.717, 1.165) is 50.3 Å². The molecule has 8 nitrogen and oxygen atoms in total. The van der Waals surface area contributed by atoms with Gasteiger partial charge in [0.2, 0.25) is 16.0 Å². The van der Waals surface area contributed by atoms with E-state index in [1.165, 1.54) is 0 Å². The average Bonchev–Trinajstić information content (AvgIpc) is 3.50. The highest BCUT2D eigenvalue weighted by atomic mass is 32.2. The maximum atomic E-state index is 13.2. The van der Waals surface area contributed by atoms with Crippen molar-refractivity contribution in [3.05, 3.63) is 28.2 Å². The van der Waals surface area contributed by atoms with E-state index in [1.807, 2.05) is 17.6 Å². The minimum absolute atomic E-state index is 0.0290. The number of aryl methyl sites for hydroxylation is 1. The Labute approximate surface area is 195 Å². The molecular formula is C24H35N5O3S. The largest absolute Gasteiger partial charge is 0.351 e. The first kappa shape index (κ1) is 22.8. The topological polar surface area (TPSA) is 97.2 Å². The molecule has 0 spiro atoms. The molecule has 2 aliphatic carbocycles. The van der Waals surface area contributed by atoms with Crippen LogP contribution in [-0.4, -0.2) is 52.1 Å². The van der Waals surface area contributed by atoms with Gasteiger partial charge in [-0.1, -0.05) is 20.3 Å². The Morgan fingerprint density at radius 2 is 1.88 bits per heavy atom. The van der Waals surface area contributed by atoms with Crippen LogP contribution >= 0.6 is 0 Å². The van der Waals surface area contributed by atoms with Gasteiger partial charge in [-0.3, -0.25) is 9.36 Å². The van der Waals surface area contributed by atoms with Crippen molar-refractivity contribution in [3.8, 4) is 0 Å². The molecule has 1 saturated heterocycles. The van der Waals surface area contributed by atoms with E-state index >= 15 is 0 Å². The molecule has 0 aromatic carbocycles. The first-order chi connectivity index (χ1) is 15.6. The predicted octanol–water partition coefficient (Wildman–Crippen LogP) is 3.47. The standard InChI is InChI=1S/C24H35N5O3S/c1-16-13-18-14-25-23(27-21(18)29(22(16)30)20-5-4-10-24(20,2)3)26-19-8-11-28(12-9-19)33(31,32)15-17-6-7-17/h13-14,17,19-20H,4-12,15H2,1-3H3,(H,25,26,27)/t20-/m1/s1. The highest BCUT2D eigenvalue weighted by Crippen LogP contribution is 2.46. The van der Waals surface area contributed by atoms with Crippen LogP contribution in [0.5, 0.6) is 0 Å². The summed E-state index contributed by atoms with van der Waals surface area (Å²) in [5, 5.41) is 4.29. The minimum Gasteiger partial charge on any atom is -0.351 e. The number of nitrogens with zero attached hydrogens (tertiary/aromatic N) is 4. The molecule has 3 fully saturated rings. The Morgan fingerprint density at radius 3 is 2.52 bits per heavy atom. The van der Waals surface area contributed by atoms with Gasteiger partial charge in [0.15, 0.2) is 0 Å². The summed E-state index contributed by atoms with van der Waals surface area (Å²) in [7, 11) is -3.14. The summed E-state index contributed by atoms with van der Waals surface area (Å²) >= 11 is 0.